The average molecular weight is 497 g/mol. The number of nitrogens with two attached hydrogens (primary N) is 1. The number of β-lactam (4-membered cyclic amide) rings is 1. The van der Waals surface area contributed by atoms with E-state index in [1.54, 1.807) is 0 Å². The van der Waals surface area contributed by atoms with Gasteiger partial charge in [0.25, 0.3) is 17.3 Å². The van der Waals surface area contributed by atoms with Gasteiger partial charge in [0.05, 0.1) is 5.54 Å². The number of thiazole rings is 1. The lowest BCUT2D eigenvalue weighted by molar-refractivity contribution is -0.263. The minimum absolute atomic E-state index is 0.0586. The second kappa shape index (κ2) is 9.07. The maximum Gasteiger partial charge on any atom is 0.350 e. The van der Waals surface area contributed by atoms with Gasteiger partial charge in [-0.1, -0.05) is 10.8 Å². The maximum atomic E-state index is 13.4. The lowest BCUT2D eigenvalue weighted by Gasteiger charge is -2.52. The minimum atomic E-state index is -5.22. The Labute approximate surface area is 183 Å². The number of hydrogen-bond acceptors (Lipinski definition) is 10. The molecule has 2 rings (SSSR count). The van der Waals surface area contributed by atoms with E-state index in [1.807, 2.05) is 0 Å². The predicted octanol–water partition coefficient (Wildman–Crippen LogP) is 0.141. The zero-order valence-corrected chi connectivity index (χ0v) is 18.0. The smallest absolute Gasteiger partial charge is 0.350 e. The Morgan fingerprint density at radius 2 is 2.09 bits per heavy atom. The molecule has 2 amide bonds. The first kappa shape index (κ1) is 25.0. The van der Waals surface area contributed by atoms with Gasteiger partial charge in [-0.2, -0.15) is 0 Å². The Hall–Kier alpha value is -3.27. The molecular formula is C15H17F2N5O8S2. The molecule has 13 nitrogen and oxygen atoms in total. The molecule has 1 unspecified atom stereocenters. The first-order valence-electron chi connectivity index (χ1n) is 8.33. The van der Waals surface area contributed by atoms with Crippen molar-refractivity contribution in [3.8, 4) is 5.69 Å². The fourth-order valence-corrected chi connectivity index (χ4v) is 3.48. The number of hydroxylamine groups is 2. The van der Waals surface area contributed by atoms with E-state index in [-0.39, 0.29) is 10.8 Å². The minimum Gasteiger partial charge on any atom is -0.479 e. The average Bonchev–Trinajstić information content (AvgIpc) is 3.07. The summed E-state index contributed by atoms with van der Waals surface area (Å²) in [5.74, 6) is -5.52. The molecule has 5 N–H and O–H groups in total. The van der Waals surface area contributed by atoms with Gasteiger partial charge in [0, 0.05) is 5.38 Å². The lowest BCUT2D eigenvalue weighted by Crippen LogP contribution is -2.77. The number of aliphatic carboxylic acids is 2. The molecule has 32 heavy (non-hydrogen) atoms. The quantitative estimate of drug-likeness (QED) is 0.207. The van der Waals surface area contributed by atoms with Crippen LogP contribution in [0.5, 0.6) is 0 Å². The van der Waals surface area contributed by atoms with Crippen molar-refractivity contribution in [3.05, 3.63) is 11.1 Å². The van der Waals surface area contributed by atoms with Gasteiger partial charge in [-0.05, 0) is 13.8 Å². The van der Waals surface area contributed by atoms with E-state index < -0.39 is 63.3 Å². The van der Waals surface area contributed by atoms with Crippen LogP contribution in [0, 0.1) is 5.69 Å². The van der Waals surface area contributed by atoms with E-state index in [0.29, 0.717) is 5.06 Å². The molecule has 1 aliphatic heterocycles. The van der Waals surface area contributed by atoms with Gasteiger partial charge in [-0.15, -0.1) is 19.1 Å². The Bertz CT molecular complexity index is 1090. The van der Waals surface area contributed by atoms with E-state index in [0.717, 1.165) is 11.3 Å². The molecule has 0 spiro atoms. The van der Waals surface area contributed by atoms with Crippen LogP contribution >= 0.6 is 21.5 Å². The van der Waals surface area contributed by atoms with E-state index in [9.17, 15) is 26.9 Å². The predicted molar refractivity (Wildman–Crippen MR) is 107 cm³/mol. The van der Waals surface area contributed by atoms with Crippen LogP contribution in [0.1, 0.15) is 19.5 Å². The third-order valence-corrected chi connectivity index (χ3v) is 5.50. The number of carboxylic acid groups (broad SMARTS) is 2. The van der Waals surface area contributed by atoms with E-state index in [1.165, 1.54) is 19.2 Å². The van der Waals surface area contributed by atoms with Crippen molar-refractivity contribution in [2.45, 2.75) is 30.9 Å². The molecule has 1 aromatic rings. The van der Waals surface area contributed by atoms with E-state index in [4.69, 9.17) is 15.9 Å². The molecule has 1 aliphatic rings. The number of nitrogens with one attached hydrogen (secondary N) is 1. The van der Waals surface area contributed by atoms with Crippen LogP contribution in [0.15, 0.2) is 10.5 Å². The first-order valence-corrected chi connectivity index (χ1v) is 10.8. The van der Waals surface area contributed by atoms with Crippen molar-refractivity contribution < 1.29 is 46.8 Å². The second-order valence-corrected chi connectivity index (χ2v) is 9.12. The highest BCUT2D eigenvalue weighted by molar-refractivity contribution is 8.16. The molecular weight excluding hydrogens is 480 g/mol. The van der Waals surface area contributed by atoms with Gasteiger partial charge in [-0.3, -0.25) is 9.59 Å². The number of amides is 2. The van der Waals surface area contributed by atoms with Crippen LogP contribution in [0.25, 0.3) is 0 Å². The van der Waals surface area contributed by atoms with Crippen LogP contribution < -0.4 is 11.1 Å². The van der Waals surface area contributed by atoms with Gasteiger partial charge >= 0.3 is 11.9 Å². The molecule has 2 heterocycles. The summed E-state index contributed by atoms with van der Waals surface area (Å²) in [6.07, 6.45) is 0. The van der Waals surface area contributed by atoms with E-state index in [2.05, 4.69) is 30.8 Å². The van der Waals surface area contributed by atoms with Gasteiger partial charge in [0.15, 0.2) is 21.1 Å². The summed E-state index contributed by atoms with van der Waals surface area (Å²) in [6, 6.07) is -1.36. The highest BCUT2D eigenvalue weighted by Crippen LogP contribution is 2.44. The van der Waals surface area contributed by atoms with Gasteiger partial charge in [0.2, 0.25) is 6.61 Å². The van der Waals surface area contributed by atoms with Crippen molar-refractivity contribution in [2.24, 2.45) is 5.16 Å². The van der Waals surface area contributed by atoms with Crippen LogP contribution in [0.3, 0.4) is 0 Å². The summed E-state index contributed by atoms with van der Waals surface area (Å²) in [5, 5.41) is 25.0. The number of hydrogen-bond donors (Lipinski definition) is 4. The second-order valence-electron chi connectivity index (χ2n) is 6.70. The molecule has 2 atom stereocenters. The van der Waals surface area contributed by atoms with Crippen LogP contribution in [-0.2, 0) is 28.9 Å². The van der Waals surface area contributed by atoms with Crippen LogP contribution in [-0.4, -0.2) is 73.3 Å². The summed E-state index contributed by atoms with van der Waals surface area (Å²) in [6.45, 7) is 1.74. The number of carboxylic acids is 2. The molecule has 0 radical (unpaired) electrons. The standard InChI is InChI=1S/C15H17F2N5O8S2/c1-15(2)9(11(26)22(15)30-13(12(27)28)32(3,16)17)20-10(25)8(21-29-4-7(23)24)6-5-31-14(18)19-6/h3,5,9,13H,4H2,1-2H3,(H2,18,19)(H,20,25)(H,23,24)(H,27,28)/b21-8-/t9-,13?/m1/s1. The van der Waals surface area contributed by atoms with Crippen LogP contribution in [0.2, 0.25) is 0 Å². The molecule has 1 aromatic heterocycles. The van der Waals surface area contributed by atoms with E-state index >= 15 is 0 Å². The number of carbonyl (C=O) groups excluding carboxylic acids is 2. The molecule has 0 saturated carbocycles. The summed E-state index contributed by atoms with van der Waals surface area (Å²) in [4.78, 5) is 59.7. The molecule has 1 fully saturated rings. The highest BCUT2D eigenvalue weighted by atomic mass is 32.3. The number of halogens is 2. The van der Waals surface area contributed by atoms with Gasteiger partial charge < -0.3 is 26.1 Å². The fraction of sp³-hybridized carbons (Fsp3) is 0.400. The number of aromatic nitrogens is 1. The SMILES string of the molecule is C#S(F)(F)C(ON1C(=O)[C@@H](NC(=O)/C(=N\OCC(=O)O)c2csc(N)n2)C1(C)C)C(=O)O. The topological polar surface area (TPSA) is 194 Å². The van der Waals surface area contributed by atoms with Crippen molar-refractivity contribution in [1.29, 1.82) is 0 Å². The highest BCUT2D eigenvalue weighted by Gasteiger charge is 2.58. The van der Waals surface area contributed by atoms with Crippen molar-refractivity contribution >= 4 is 56.1 Å². The van der Waals surface area contributed by atoms with Crippen LogP contribution in [0.4, 0.5) is 12.9 Å². The maximum absolute atomic E-state index is 13.4. The van der Waals surface area contributed by atoms with Gasteiger partial charge in [-0.25, -0.2) is 24.5 Å². The zero-order valence-electron chi connectivity index (χ0n) is 16.4. The molecule has 176 valence electrons. The Morgan fingerprint density at radius 1 is 1.47 bits per heavy atom. The largest absolute Gasteiger partial charge is 0.479 e. The summed E-state index contributed by atoms with van der Waals surface area (Å²) in [7, 11) is -5.22. The summed E-state index contributed by atoms with van der Waals surface area (Å²) in [5.41, 5.74) is 5.25. The summed E-state index contributed by atoms with van der Waals surface area (Å²) < 4.78 is 26.8. The van der Waals surface area contributed by atoms with Crippen molar-refractivity contribution in [1.82, 2.24) is 15.4 Å². The first-order chi connectivity index (χ1) is 14.7. The normalized spacial score (nSPS) is 19.1. The summed E-state index contributed by atoms with van der Waals surface area (Å²) >= 11 is 0.944. The fourth-order valence-electron chi connectivity index (χ4n) is 2.47. The monoisotopic (exact) mass is 497 g/mol. The number of anilines is 1. The van der Waals surface area contributed by atoms with Crippen molar-refractivity contribution in [3.63, 3.8) is 0 Å². The Balaban J connectivity index is 2.20. The number of nitrogen functional groups attached to an aromatic ring is 1. The number of rotatable bonds is 9. The molecule has 0 bridgehead atoms. The molecule has 1 saturated heterocycles. The number of nitrogens with zero attached hydrogens (tertiary/aromatic N) is 3. The lowest BCUT2D eigenvalue weighted by atomic mass is 9.84. The van der Waals surface area contributed by atoms with Gasteiger partial charge in [0.1, 0.15) is 11.7 Å². The third-order valence-electron chi connectivity index (χ3n) is 3.96. The number of oxime groups is 1. The third kappa shape index (κ3) is 5.31. The molecule has 0 aromatic carbocycles. The Morgan fingerprint density at radius 3 is 2.53 bits per heavy atom. The molecule has 0 aliphatic carbocycles. The molecule has 17 heteroatoms. The Kier molecular flexibility index (Phi) is 7.09. The zero-order chi connectivity index (χ0) is 24.4. The number of carbonyl (C=O) groups is 4. The van der Waals surface area contributed by atoms with Crippen molar-refractivity contribution in [2.75, 3.05) is 12.3 Å².